The molecule has 0 unspecified atom stereocenters. The van der Waals surface area contributed by atoms with Crippen molar-refractivity contribution in [2.75, 3.05) is 19.6 Å². The van der Waals surface area contributed by atoms with E-state index in [1.54, 1.807) is 11.3 Å². The second kappa shape index (κ2) is 8.36. The van der Waals surface area contributed by atoms with E-state index in [0.29, 0.717) is 6.54 Å². The van der Waals surface area contributed by atoms with Gasteiger partial charge in [-0.3, -0.25) is 9.59 Å². The molecular weight excluding hydrogens is 412 g/mol. The van der Waals surface area contributed by atoms with Crippen LogP contribution in [-0.2, 0) is 11.2 Å². The predicted octanol–water partition coefficient (Wildman–Crippen LogP) is 4.84. The summed E-state index contributed by atoms with van der Waals surface area (Å²) in [6.45, 7) is 1.99. The molecular formula is C24H24N2O2S2. The fraction of sp³-hybridized carbons (Fsp3) is 0.333. The van der Waals surface area contributed by atoms with E-state index in [1.165, 1.54) is 21.8 Å². The van der Waals surface area contributed by atoms with Gasteiger partial charge in [0.1, 0.15) is 0 Å². The van der Waals surface area contributed by atoms with Crippen molar-refractivity contribution in [2.45, 2.75) is 25.3 Å². The standard InChI is InChI=1S/C24H24N2O2S2/c27-23(18-8-4-12-25(16-18)24(28)21-9-5-14-29-21)26-13-10-20-19(11-15-30-20)22(26)17-6-2-1-3-7-17/h1-3,5-7,9,11,14-15,18,22H,4,8,10,12-13,16H2/t18-,22-/m0/s1. The van der Waals surface area contributed by atoms with Crippen LogP contribution in [0.25, 0.3) is 0 Å². The summed E-state index contributed by atoms with van der Waals surface area (Å²) in [5, 5.41) is 4.06. The number of nitrogens with zero attached hydrogens (tertiary/aromatic N) is 2. The summed E-state index contributed by atoms with van der Waals surface area (Å²) in [5.41, 5.74) is 2.42. The van der Waals surface area contributed by atoms with Gasteiger partial charge in [0.05, 0.1) is 16.8 Å². The Morgan fingerprint density at radius 2 is 1.80 bits per heavy atom. The monoisotopic (exact) mass is 436 g/mol. The van der Waals surface area contributed by atoms with Crippen LogP contribution < -0.4 is 0 Å². The molecule has 0 radical (unpaired) electrons. The summed E-state index contributed by atoms with van der Waals surface area (Å²) in [5.74, 6) is 0.110. The first-order valence-corrected chi connectivity index (χ1v) is 12.2. The highest BCUT2D eigenvalue weighted by atomic mass is 32.1. The summed E-state index contributed by atoms with van der Waals surface area (Å²) in [6.07, 6.45) is 2.63. The Labute approximate surface area is 184 Å². The summed E-state index contributed by atoms with van der Waals surface area (Å²) in [6, 6.07) is 16.2. The highest BCUT2D eigenvalue weighted by Crippen LogP contribution is 2.39. The molecule has 0 spiro atoms. The van der Waals surface area contributed by atoms with Crippen molar-refractivity contribution in [3.63, 3.8) is 0 Å². The van der Waals surface area contributed by atoms with E-state index >= 15 is 0 Å². The number of thiophene rings is 2. The minimum Gasteiger partial charge on any atom is -0.337 e. The summed E-state index contributed by atoms with van der Waals surface area (Å²) >= 11 is 3.25. The van der Waals surface area contributed by atoms with Crippen molar-refractivity contribution >= 4 is 34.5 Å². The molecule has 30 heavy (non-hydrogen) atoms. The number of fused-ring (bicyclic) bond motifs is 1. The Hall–Kier alpha value is -2.44. The van der Waals surface area contributed by atoms with Crippen LogP contribution in [0.5, 0.6) is 0 Å². The van der Waals surface area contributed by atoms with Gasteiger partial charge >= 0.3 is 0 Å². The topological polar surface area (TPSA) is 40.6 Å². The molecule has 2 atom stereocenters. The predicted molar refractivity (Wildman–Crippen MR) is 121 cm³/mol. The lowest BCUT2D eigenvalue weighted by atomic mass is 9.90. The zero-order valence-electron chi connectivity index (χ0n) is 16.7. The van der Waals surface area contributed by atoms with Crippen LogP contribution in [0.2, 0.25) is 0 Å². The van der Waals surface area contributed by atoms with Crippen LogP contribution in [0.15, 0.2) is 59.3 Å². The van der Waals surface area contributed by atoms with E-state index in [0.717, 1.165) is 42.8 Å². The van der Waals surface area contributed by atoms with Crippen molar-refractivity contribution < 1.29 is 9.59 Å². The number of amides is 2. The number of rotatable bonds is 3. The van der Waals surface area contributed by atoms with Gasteiger partial charge in [-0.25, -0.2) is 0 Å². The van der Waals surface area contributed by atoms with Gasteiger partial charge < -0.3 is 9.80 Å². The lowest BCUT2D eigenvalue weighted by molar-refractivity contribution is -0.139. The molecule has 5 rings (SSSR count). The van der Waals surface area contributed by atoms with Gasteiger partial charge in [0.2, 0.25) is 5.91 Å². The van der Waals surface area contributed by atoms with E-state index in [4.69, 9.17) is 0 Å². The molecule has 0 N–H and O–H groups in total. The molecule has 154 valence electrons. The number of hydrogen-bond donors (Lipinski definition) is 0. The first kappa shape index (κ1) is 19.5. The fourth-order valence-electron chi connectivity index (χ4n) is 4.70. The van der Waals surface area contributed by atoms with Crippen LogP contribution >= 0.6 is 22.7 Å². The number of piperidine rings is 1. The molecule has 4 nitrogen and oxygen atoms in total. The van der Waals surface area contributed by atoms with Gasteiger partial charge in [0.25, 0.3) is 5.91 Å². The lowest BCUT2D eigenvalue weighted by Gasteiger charge is -2.40. The third-order valence-electron chi connectivity index (χ3n) is 6.15. The summed E-state index contributed by atoms with van der Waals surface area (Å²) in [7, 11) is 0. The molecule has 0 bridgehead atoms. The molecule has 1 fully saturated rings. The molecule has 0 saturated carbocycles. The molecule has 2 amide bonds. The Morgan fingerprint density at radius 1 is 0.933 bits per heavy atom. The van der Waals surface area contributed by atoms with E-state index in [9.17, 15) is 9.59 Å². The maximum atomic E-state index is 13.7. The van der Waals surface area contributed by atoms with Gasteiger partial charge in [-0.15, -0.1) is 22.7 Å². The minimum atomic E-state index is -0.130. The molecule has 0 aliphatic carbocycles. The second-order valence-corrected chi connectivity index (χ2v) is 9.91. The first-order chi connectivity index (χ1) is 14.7. The fourth-order valence-corrected chi connectivity index (χ4v) is 6.30. The van der Waals surface area contributed by atoms with Gasteiger partial charge in [-0.1, -0.05) is 36.4 Å². The van der Waals surface area contributed by atoms with Crippen molar-refractivity contribution in [1.82, 2.24) is 9.80 Å². The largest absolute Gasteiger partial charge is 0.337 e. The molecule has 1 saturated heterocycles. The second-order valence-electron chi connectivity index (χ2n) is 7.96. The number of likely N-dealkylation sites (tertiary alicyclic amines) is 1. The van der Waals surface area contributed by atoms with Crippen LogP contribution in [-0.4, -0.2) is 41.2 Å². The molecule has 2 aliphatic heterocycles. The van der Waals surface area contributed by atoms with Crippen LogP contribution in [0, 0.1) is 5.92 Å². The van der Waals surface area contributed by atoms with Gasteiger partial charge in [0, 0.05) is 24.5 Å². The number of carbonyl (C=O) groups is 2. The van der Waals surface area contributed by atoms with E-state index in [1.807, 2.05) is 40.6 Å². The molecule has 6 heteroatoms. The summed E-state index contributed by atoms with van der Waals surface area (Å²) < 4.78 is 0. The molecule has 2 aromatic heterocycles. The summed E-state index contributed by atoms with van der Waals surface area (Å²) in [4.78, 5) is 32.6. The van der Waals surface area contributed by atoms with Crippen LogP contribution in [0.3, 0.4) is 0 Å². The maximum Gasteiger partial charge on any atom is 0.263 e. The Bertz CT molecular complexity index is 1030. The third-order valence-corrected chi connectivity index (χ3v) is 8.01. The van der Waals surface area contributed by atoms with Crippen molar-refractivity contribution in [3.8, 4) is 0 Å². The average molecular weight is 437 g/mol. The Balaban J connectivity index is 1.40. The van der Waals surface area contributed by atoms with Gasteiger partial charge in [-0.05, 0) is 53.3 Å². The lowest BCUT2D eigenvalue weighted by Crippen LogP contribution is -2.49. The molecule has 4 heterocycles. The number of hydrogen-bond acceptors (Lipinski definition) is 4. The van der Waals surface area contributed by atoms with E-state index in [2.05, 4.69) is 28.5 Å². The molecule has 2 aliphatic rings. The normalized spacial score (nSPS) is 21.3. The zero-order chi connectivity index (χ0) is 20.5. The Morgan fingerprint density at radius 3 is 2.60 bits per heavy atom. The average Bonchev–Trinajstić information content (AvgIpc) is 3.50. The minimum absolute atomic E-state index is 0.0305. The number of carbonyl (C=O) groups excluding carboxylic acids is 2. The highest BCUT2D eigenvalue weighted by Gasteiger charge is 2.38. The Kier molecular flexibility index (Phi) is 5.44. The van der Waals surface area contributed by atoms with E-state index in [-0.39, 0.29) is 23.8 Å². The molecule has 1 aromatic carbocycles. The highest BCUT2D eigenvalue weighted by molar-refractivity contribution is 7.12. The quantitative estimate of drug-likeness (QED) is 0.590. The zero-order valence-corrected chi connectivity index (χ0v) is 18.3. The van der Waals surface area contributed by atoms with Gasteiger partial charge in [0.15, 0.2) is 0 Å². The molecule has 3 aromatic rings. The third kappa shape index (κ3) is 3.59. The van der Waals surface area contributed by atoms with Crippen LogP contribution in [0.4, 0.5) is 0 Å². The first-order valence-electron chi connectivity index (χ1n) is 10.5. The maximum absolute atomic E-state index is 13.7. The van der Waals surface area contributed by atoms with E-state index < -0.39 is 0 Å². The number of benzene rings is 1. The SMILES string of the molecule is O=C(c1cccs1)N1CCC[C@H](C(=O)N2CCc3sccc3[C@@H]2c2ccccc2)C1. The smallest absolute Gasteiger partial charge is 0.263 e. The van der Waals surface area contributed by atoms with Crippen molar-refractivity contribution in [1.29, 1.82) is 0 Å². The van der Waals surface area contributed by atoms with Crippen molar-refractivity contribution in [2.24, 2.45) is 5.92 Å². The van der Waals surface area contributed by atoms with Gasteiger partial charge in [-0.2, -0.15) is 0 Å². The van der Waals surface area contributed by atoms with Crippen molar-refractivity contribution in [3.05, 3.63) is 80.2 Å². The van der Waals surface area contributed by atoms with Crippen LogP contribution in [0.1, 0.15) is 44.6 Å².